The number of nitrogens with zero attached hydrogens (tertiary/aromatic N) is 4. The Kier molecular flexibility index (Phi) is 5.08. The van der Waals surface area contributed by atoms with Crippen LogP contribution in [0.1, 0.15) is 21.8 Å². The van der Waals surface area contributed by atoms with E-state index in [2.05, 4.69) is 15.6 Å². The van der Waals surface area contributed by atoms with Crippen molar-refractivity contribution in [2.45, 2.75) is 19.6 Å². The fourth-order valence-electron chi connectivity index (χ4n) is 2.56. The zero-order valence-corrected chi connectivity index (χ0v) is 14.9. The average Bonchev–Trinajstić information content (AvgIpc) is 3.20. The van der Waals surface area contributed by atoms with Gasteiger partial charge in [0, 0.05) is 25.2 Å². The van der Waals surface area contributed by atoms with Gasteiger partial charge in [-0.2, -0.15) is 13.2 Å². The Morgan fingerprint density at radius 3 is 2.68 bits per heavy atom. The molecule has 0 bridgehead atoms. The van der Waals surface area contributed by atoms with Gasteiger partial charge in [-0.25, -0.2) is 9.48 Å². The van der Waals surface area contributed by atoms with E-state index >= 15 is 0 Å². The van der Waals surface area contributed by atoms with E-state index in [9.17, 15) is 22.8 Å². The van der Waals surface area contributed by atoms with Crippen molar-refractivity contribution in [1.82, 2.24) is 24.8 Å². The number of amides is 1. The summed E-state index contributed by atoms with van der Waals surface area (Å²) in [6.45, 7) is 1.75. The van der Waals surface area contributed by atoms with Gasteiger partial charge in [-0.1, -0.05) is 17.3 Å². The lowest BCUT2D eigenvalue weighted by molar-refractivity contribution is -0.137. The molecule has 11 heteroatoms. The van der Waals surface area contributed by atoms with Crippen LogP contribution in [0.4, 0.5) is 13.2 Å². The molecule has 8 nitrogen and oxygen atoms in total. The number of hydrogen-bond donors (Lipinski definition) is 1. The first kappa shape index (κ1) is 19.4. The Balaban J connectivity index is 1.75. The Hall–Kier alpha value is -3.37. The topological polar surface area (TPSA) is 95.0 Å². The molecule has 1 N–H and O–H groups in total. The fraction of sp³-hybridized carbons (Fsp3) is 0.294. The second kappa shape index (κ2) is 7.33. The summed E-state index contributed by atoms with van der Waals surface area (Å²) in [5.74, 6) is 0.102. The first-order valence-electron chi connectivity index (χ1n) is 8.20. The Labute approximate surface area is 156 Å². The maximum absolute atomic E-state index is 12.9. The minimum Gasteiger partial charge on any atom is -0.361 e. The predicted molar refractivity (Wildman–Crippen MR) is 91.5 cm³/mol. The van der Waals surface area contributed by atoms with Crippen molar-refractivity contribution in [1.29, 1.82) is 0 Å². The minimum absolute atomic E-state index is 0.0359. The molecule has 1 aromatic carbocycles. The number of alkyl halides is 3. The van der Waals surface area contributed by atoms with E-state index < -0.39 is 23.3 Å². The highest BCUT2D eigenvalue weighted by molar-refractivity contribution is 5.92. The Bertz CT molecular complexity index is 1060. The Morgan fingerprint density at radius 2 is 2.04 bits per heavy atom. The summed E-state index contributed by atoms with van der Waals surface area (Å²) in [4.78, 5) is 24.2. The molecular formula is C17H16F3N5O3. The maximum atomic E-state index is 12.9. The van der Waals surface area contributed by atoms with Gasteiger partial charge in [0.05, 0.1) is 12.1 Å². The highest BCUT2D eigenvalue weighted by Gasteiger charge is 2.30. The largest absolute Gasteiger partial charge is 0.416 e. The van der Waals surface area contributed by atoms with Crippen LogP contribution in [-0.2, 0) is 19.8 Å². The molecule has 0 aliphatic heterocycles. The van der Waals surface area contributed by atoms with Crippen molar-refractivity contribution in [3.05, 3.63) is 57.8 Å². The molecule has 0 saturated carbocycles. The quantitative estimate of drug-likeness (QED) is 0.713. The summed E-state index contributed by atoms with van der Waals surface area (Å²) in [6, 6.07) is 6.03. The van der Waals surface area contributed by atoms with Crippen LogP contribution in [0.25, 0.3) is 11.4 Å². The molecule has 0 atom stereocenters. The maximum Gasteiger partial charge on any atom is 0.416 e. The summed E-state index contributed by atoms with van der Waals surface area (Å²) in [5, 5.41) is 10.2. The van der Waals surface area contributed by atoms with Crippen LogP contribution in [0, 0.1) is 6.92 Å². The molecule has 0 fully saturated rings. The molecule has 0 aliphatic carbocycles. The summed E-state index contributed by atoms with van der Waals surface area (Å²) in [6.07, 6.45) is -4.50. The van der Waals surface area contributed by atoms with E-state index in [1.165, 1.54) is 25.2 Å². The lowest BCUT2D eigenvalue weighted by Crippen LogP contribution is -2.31. The molecule has 0 aliphatic rings. The first-order valence-corrected chi connectivity index (χ1v) is 8.20. The van der Waals surface area contributed by atoms with Crippen LogP contribution in [-0.4, -0.2) is 32.0 Å². The standard InChI is InChI=1S/C17H16F3N5O3/c1-10-8-13(23-28-10)15(26)21-6-7-25-16(27)24(2)14(22-25)11-4-3-5-12(9-11)17(18,19)20/h3-5,8-9H,6-7H2,1-2H3,(H,21,26). The average molecular weight is 395 g/mol. The number of halogens is 3. The third-order valence-electron chi connectivity index (χ3n) is 3.96. The molecule has 28 heavy (non-hydrogen) atoms. The van der Waals surface area contributed by atoms with Gasteiger partial charge in [-0.15, -0.1) is 5.10 Å². The molecule has 0 saturated heterocycles. The van der Waals surface area contributed by atoms with E-state index in [1.54, 1.807) is 6.92 Å². The molecule has 148 valence electrons. The zero-order chi connectivity index (χ0) is 20.5. The Morgan fingerprint density at radius 1 is 1.29 bits per heavy atom. The second-order valence-electron chi connectivity index (χ2n) is 6.05. The van der Waals surface area contributed by atoms with Gasteiger partial charge in [-0.3, -0.25) is 9.36 Å². The van der Waals surface area contributed by atoms with Crippen LogP contribution in [0.2, 0.25) is 0 Å². The van der Waals surface area contributed by atoms with Crippen molar-refractivity contribution in [3.8, 4) is 11.4 Å². The van der Waals surface area contributed by atoms with Crippen LogP contribution in [0.3, 0.4) is 0 Å². The summed E-state index contributed by atoms with van der Waals surface area (Å²) < 4.78 is 45.8. The van der Waals surface area contributed by atoms with Gasteiger partial charge in [-0.05, 0) is 19.1 Å². The molecule has 1 amide bonds. The number of aryl methyl sites for hydroxylation is 1. The molecule has 3 aromatic rings. The monoisotopic (exact) mass is 395 g/mol. The molecule has 2 aromatic heterocycles. The number of carbonyl (C=O) groups is 1. The van der Waals surface area contributed by atoms with Gasteiger partial charge in [0.1, 0.15) is 5.76 Å². The van der Waals surface area contributed by atoms with Crippen LogP contribution < -0.4 is 11.0 Å². The third-order valence-corrected chi connectivity index (χ3v) is 3.96. The van der Waals surface area contributed by atoms with E-state index in [0.29, 0.717) is 5.76 Å². The highest BCUT2D eigenvalue weighted by atomic mass is 19.4. The van der Waals surface area contributed by atoms with E-state index in [1.807, 2.05) is 0 Å². The fourth-order valence-corrected chi connectivity index (χ4v) is 2.56. The van der Waals surface area contributed by atoms with E-state index in [-0.39, 0.29) is 30.2 Å². The van der Waals surface area contributed by atoms with Crippen molar-refractivity contribution in [3.63, 3.8) is 0 Å². The number of benzene rings is 1. The first-order chi connectivity index (χ1) is 13.2. The molecule has 0 unspecified atom stereocenters. The minimum atomic E-state index is -4.50. The number of carbonyl (C=O) groups excluding carboxylic acids is 1. The molecule has 0 radical (unpaired) electrons. The SMILES string of the molecule is Cc1cc(C(=O)NCCn2nc(-c3cccc(C(F)(F)F)c3)n(C)c2=O)no1. The lowest BCUT2D eigenvalue weighted by atomic mass is 10.1. The van der Waals surface area contributed by atoms with Gasteiger partial charge in [0.15, 0.2) is 11.5 Å². The number of hydrogen-bond acceptors (Lipinski definition) is 5. The molecule has 0 spiro atoms. The second-order valence-corrected chi connectivity index (χ2v) is 6.05. The van der Waals surface area contributed by atoms with Crippen molar-refractivity contribution >= 4 is 5.91 Å². The molecular weight excluding hydrogens is 379 g/mol. The van der Waals surface area contributed by atoms with Gasteiger partial charge < -0.3 is 9.84 Å². The normalized spacial score (nSPS) is 11.6. The molecule has 2 heterocycles. The van der Waals surface area contributed by atoms with E-state index in [4.69, 9.17) is 4.52 Å². The number of aromatic nitrogens is 4. The van der Waals surface area contributed by atoms with Gasteiger partial charge in [0.2, 0.25) is 0 Å². The van der Waals surface area contributed by atoms with Crippen LogP contribution in [0.5, 0.6) is 0 Å². The van der Waals surface area contributed by atoms with Gasteiger partial charge >= 0.3 is 11.9 Å². The van der Waals surface area contributed by atoms with Crippen LogP contribution >= 0.6 is 0 Å². The lowest BCUT2D eigenvalue weighted by Gasteiger charge is -2.07. The van der Waals surface area contributed by atoms with Crippen LogP contribution in [0.15, 0.2) is 39.6 Å². The predicted octanol–water partition coefficient (Wildman–Crippen LogP) is 1.99. The summed E-state index contributed by atoms with van der Waals surface area (Å²) in [7, 11) is 1.41. The van der Waals surface area contributed by atoms with Crippen molar-refractivity contribution < 1.29 is 22.5 Å². The van der Waals surface area contributed by atoms with Gasteiger partial charge in [0.25, 0.3) is 5.91 Å². The molecule has 3 rings (SSSR count). The highest BCUT2D eigenvalue weighted by Crippen LogP contribution is 2.31. The summed E-state index contributed by atoms with van der Waals surface area (Å²) in [5.41, 5.74) is -1.08. The smallest absolute Gasteiger partial charge is 0.361 e. The summed E-state index contributed by atoms with van der Waals surface area (Å²) >= 11 is 0. The van der Waals surface area contributed by atoms with E-state index in [0.717, 1.165) is 21.4 Å². The van der Waals surface area contributed by atoms with Crippen molar-refractivity contribution in [2.75, 3.05) is 6.54 Å². The van der Waals surface area contributed by atoms with Crippen molar-refractivity contribution in [2.24, 2.45) is 7.05 Å². The third kappa shape index (κ3) is 3.97. The number of rotatable bonds is 5. The number of nitrogens with one attached hydrogen (secondary N) is 1. The zero-order valence-electron chi connectivity index (χ0n) is 14.9.